The molecule has 1 saturated heterocycles. The van der Waals surface area contributed by atoms with Crippen LogP contribution in [0.5, 0.6) is 0 Å². The minimum atomic E-state index is 0.199. The number of carbonyl (C=O) groups is 1. The minimum absolute atomic E-state index is 0.199. The Labute approximate surface area is 102 Å². The Morgan fingerprint density at radius 3 is 3.06 bits per heavy atom. The van der Waals surface area contributed by atoms with Crippen LogP contribution in [0.4, 0.5) is 0 Å². The third-order valence-electron chi connectivity index (χ3n) is 3.15. The number of nitrogens with zero attached hydrogens (tertiary/aromatic N) is 2. The Morgan fingerprint density at radius 1 is 1.59 bits per heavy atom. The minimum Gasteiger partial charge on any atom is -0.337 e. The number of amides is 1. The third-order valence-corrected chi connectivity index (χ3v) is 3.15. The second-order valence-corrected chi connectivity index (χ2v) is 4.62. The smallest absolute Gasteiger partial charge is 0.227 e. The average molecular weight is 233 g/mol. The predicted octanol–water partition coefficient (Wildman–Crippen LogP) is 0.753. The molecule has 17 heavy (non-hydrogen) atoms. The molecule has 1 aromatic heterocycles. The van der Waals surface area contributed by atoms with Gasteiger partial charge >= 0.3 is 0 Å². The molecule has 0 unspecified atom stereocenters. The van der Waals surface area contributed by atoms with E-state index in [1.165, 1.54) is 0 Å². The summed E-state index contributed by atoms with van der Waals surface area (Å²) in [4.78, 5) is 18.3. The lowest BCUT2D eigenvalue weighted by atomic mass is 10.1. The van der Waals surface area contributed by atoms with Crippen molar-refractivity contribution in [2.45, 2.75) is 26.3 Å². The van der Waals surface area contributed by atoms with E-state index in [1.807, 2.05) is 24.0 Å². The number of aromatic nitrogens is 1. The quantitative estimate of drug-likeness (QED) is 0.820. The maximum atomic E-state index is 12.1. The van der Waals surface area contributed by atoms with Gasteiger partial charge in [0, 0.05) is 37.6 Å². The Bertz CT molecular complexity index is 388. The first kappa shape index (κ1) is 12.0. The van der Waals surface area contributed by atoms with Gasteiger partial charge in [0.2, 0.25) is 5.91 Å². The van der Waals surface area contributed by atoms with Gasteiger partial charge < -0.3 is 10.2 Å². The van der Waals surface area contributed by atoms with Crippen LogP contribution in [0.25, 0.3) is 0 Å². The van der Waals surface area contributed by atoms with Crippen LogP contribution in [0.15, 0.2) is 18.3 Å². The van der Waals surface area contributed by atoms with Gasteiger partial charge in [-0.3, -0.25) is 9.78 Å². The lowest BCUT2D eigenvalue weighted by Gasteiger charge is -2.34. The van der Waals surface area contributed by atoms with Crippen LogP contribution in [-0.2, 0) is 11.2 Å². The second kappa shape index (κ2) is 5.27. The Hall–Kier alpha value is -1.42. The van der Waals surface area contributed by atoms with E-state index in [-0.39, 0.29) is 11.9 Å². The van der Waals surface area contributed by atoms with E-state index in [4.69, 9.17) is 0 Å². The zero-order valence-electron chi connectivity index (χ0n) is 10.4. The molecule has 1 N–H and O–H groups in total. The zero-order chi connectivity index (χ0) is 12.3. The standard InChI is InChI=1S/C13H19N3O/c1-10-3-4-12(9-15-10)7-13(17)16-6-5-14-8-11(16)2/h3-4,9,11,14H,5-8H2,1-2H3/t11-/m1/s1. The molecular formula is C13H19N3O. The zero-order valence-corrected chi connectivity index (χ0v) is 10.4. The van der Waals surface area contributed by atoms with E-state index >= 15 is 0 Å². The predicted molar refractivity (Wildman–Crippen MR) is 66.7 cm³/mol. The number of nitrogens with one attached hydrogen (secondary N) is 1. The number of rotatable bonds is 2. The molecule has 1 aliphatic heterocycles. The average Bonchev–Trinajstić information content (AvgIpc) is 2.32. The van der Waals surface area contributed by atoms with Crippen LogP contribution >= 0.6 is 0 Å². The van der Waals surface area contributed by atoms with E-state index in [0.717, 1.165) is 30.9 Å². The highest BCUT2D eigenvalue weighted by Gasteiger charge is 2.22. The molecule has 4 nitrogen and oxygen atoms in total. The number of piperazine rings is 1. The topological polar surface area (TPSA) is 45.2 Å². The van der Waals surface area contributed by atoms with Crippen LogP contribution in [-0.4, -0.2) is 41.5 Å². The summed E-state index contributed by atoms with van der Waals surface area (Å²) in [7, 11) is 0. The van der Waals surface area contributed by atoms with E-state index < -0.39 is 0 Å². The third kappa shape index (κ3) is 3.03. The number of pyridine rings is 1. The maximum absolute atomic E-state index is 12.1. The van der Waals surface area contributed by atoms with Crippen LogP contribution in [0.2, 0.25) is 0 Å². The summed E-state index contributed by atoms with van der Waals surface area (Å²) in [6.45, 7) is 6.61. The molecule has 0 aliphatic carbocycles. The summed E-state index contributed by atoms with van der Waals surface area (Å²) in [5, 5.41) is 3.28. The van der Waals surface area contributed by atoms with Crippen LogP contribution < -0.4 is 5.32 Å². The Kier molecular flexibility index (Phi) is 3.74. The van der Waals surface area contributed by atoms with Gasteiger partial charge in [0.15, 0.2) is 0 Å². The van der Waals surface area contributed by atoms with Crippen molar-refractivity contribution in [2.75, 3.05) is 19.6 Å². The fourth-order valence-electron chi connectivity index (χ4n) is 2.09. The Balaban J connectivity index is 1.98. The van der Waals surface area contributed by atoms with Crippen molar-refractivity contribution in [2.24, 2.45) is 0 Å². The van der Waals surface area contributed by atoms with Crippen molar-refractivity contribution < 1.29 is 4.79 Å². The largest absolute Gasteiger partial charge is 0.337 e. The first-order chi connectivity index (χ1) is 8.16. The maximum Gasteiger partial charge on any atom is 0.227 e. The van der Waals surface area contributed by atoms with Gasteiger partial charge in [0.25, 0.3) is 0 Å². The molecule has 0 spiro atoms. The number of aryl methyl sites for hydroxylation is 1. The molecule has 1 aromatic rings. The molecule has 4 heteroatoms. The van der Waals surface area contributed by atoms with Crippen LogP contribution in [0.1, 0.15) is 18.2 Å². The molecule has 0 saturated carbocycles. The molecule has 1 atom stereocenters. The van der Waals surface area contributed by atoms with Gasteiger partial charge in [0.1, 0.15) is 0 Å². The van der Waals surface area contributed by atoms with Crippen molar-refractivity contribution in [3.05, 3.63) is 29.6 Å². The highest BCUT2D eigenvalue weighted by molar-refractivity contribution is 5.79. The summed E-state index contributed by atoms with van der Waals surface area (Å²) >= 11 is 0. The first-order valence-electron chi connectivity index (χ1n) is 6.08. The van der Waals surface area contributed by atoms with Gasteiger partial charge in [0.05, 0.1) is 6.42 Å². The fraction of sp³-hybridized carbons (Fsp3) is 0.538. The summed E-state index contributed by atoms with van der Waals surface area (Å²) in [5.41, 5.74) is 1.98. The molecule has 0 aromatic carbocycles. The molecule has 2 heterocycles. The van der Waals surface area contributed by atoms with E-state index in [9.17, 15) is 4.79 Å². The molecule has 2 rings (SSSR count). The van der Waals surface area contributed by atoms with Crippen molar-refractivity contribution in [3.8, 4) is 0 Å². The SMILES string of the molecule is Cc1ccc(CC(=O)N2CCNC[C@H]2C)cn1. The Morgan fingerprint density at radius 2 is 2.41 bits per heavy atom. The molecule has 92 valence electrons. The molecule has 0 bridgehead atoms. The first-order valence-corrected chi connectivity index (χ1v) is 6.08. The summed E-state index contributed by atoms with van der Waals surface area (Å²) in [5.74, 6) is 0.199. The van der Waals surface area contributed by atoms with Crippen molar-refractivity contribution in [3.63, 3.8) is 0 Å². The fourth-order valence-corrected chi connectivity index (χ4v) is 2.09. The molecule has 1 fully saturated rings. The highest BCUT2D eigenvalue weighted by Crippen LogP contribution is 2.07. The van der Waals surface area contributed by atoms with E-state index in [2.05, 4.69) is 17.2 Å². The van der Waals surface area contributed by atoms with Crippen molar-refractivity contribution in [1.29, 1.82) is 0 Å². The number of hydrogen-bond acceptors (Lipinski definition) is 3. The monoisotopic (exact) mass is 233 g/mol. The highest BCUT2D eigenvalue weighted by atomic mass is 16.2. The lowest BCUT2D eigenvalue weighted by Crippen LogP contribution is -2.52. The van der Waals surface area contributed by atoms with Gasteiger partial charge in [-0.1, -0.05) is 6.07 Å². The summed E-state index contributed by atoms with van der Waals surface area (Å²) in [6, 6.07) is 4.21. The molecular weight excluding hydrogens is 214 g/mol. The van der Waals surface area contributed by atoms with E-state index in [1.54, 1.807) is 6.20 Å². The second-order valence-electron chi connectivity index (χ2n) is 4.62. The van der Waals surface area contributed by atoms with Gasteiger partial charge in [-0.05, 0) is 25.5 Å². The summed E-state index contributed by atoms with van der Waals surface area (Å²) < 4.78 is 0. The molecule has 1 aliphatic rings. The molecule has 0 radical (unpaired) electrons. The normalized spacial score (nSPS) is 20.4. The van der Waals surface area contributed by atoms with Gasteiger partial charge in [-0.2, -0.15) is 0 Å². The van der Waals surface area contributed by atoms with Gasteiger partial charge in [-0.15, -0.1) is 0 Å². The van der Waals surface area contributed by atoms with Crippen molar-refractivity contribution in [1.82, 2.24) is 15.2 Å². The summed E-state index contributed by atoms with van der Waals surface area (Å²) in [6.07, 6.45) is 2.25. The number of hydrogen-bond donors (Lipinski definition) is 1. The van der Waals surface area contributed by atoms with Crippen LogP contribution in [0, 0.1) is 6.92 Å². The lowest BCUT2D eigenvalue weighted by molar-refractivity contribution is -0.133. The molecule has 1 amide bonds. The van der Waals surface area contributed by atoms with Crippen LogP contribution in [0.3, 0.4) is 0 Å². The van der Waals surface area contributed by atoms with Crippen molar-refractivity contribution >= 4 is 5.91 Å². The van der Waals surface area contributed by atoms with Gasteiger partial charge in [-0.25, -0.2) is 0 Å². The van der Waals surface area contributed by atoms with E-state index in [0.29, 0.717) is 6.42 Å². The number of carbonyl (C=O) groups excluding carboxylic acids is 1.